The highest BCUT2D eigenvalue weighted by Crippen LogP contribution is 2.26. The lowest BCUT2D eigenvalue weighted by molar-refractivity contribution is 0.104. The molecular weight excluding hydrogens is 238 g/mol. The van der Waals surface area contributed by atoms with E-state index in [9.17, 15) is 9.90 Å². The molecule has 19 heavy (non-hydrogen) atoms. The highest BCUT2D eigenvalue weighted by atomic mass is 16.3. The molecule has 92 valence electrons. The number of rotatable bonds is 2. The lowest BCUT2D eigenvalue weighted by Gasteiger charge is -2.06. The van der Waals surface area contributed by atoms with Gasteiger partial charge in [0.05, 0.1) is 0 Å². The normalized spacial score (nSPS) is 10.5. The van der Waals surface area contributed by atoms with Crippen LogP contribution in [0.15, 0.2) is 60.8 Å². The van der Waals surface area contributed by atoms with Crippen molar-refractivity contribution in [2.45, 2.75) is 0 Å². The first-order valence-corrected chi connectivity index (χ1v) is 5.94. The summed E-state index contributed by atoms with van der Waals surface area (Å²) in [6, 6.07) is 15.8. The Labute approximate surface area is 110 Å². The summed E-state index contributed by atoms with van der Waals surface area (Å²) in [7, 11) is 0. The zero-order chi connectivity index (χ0) is 13.2. The van der Waals surface area contributed by atoms with Crippen molar-refractivity contribution in [1.82, 2.24) is 4.98 Å². The average molecular weight is 249 g/mol. The Morgan fingerprint density at radius 1 is 0.947 bits per heavy atom. The summed E-state index contributed by atoms with van der Waals surface area (Å²) in [6.07, 6.45) is 1.60. The van der Waals surface area contributed by atoms with E-state index in [2.05, 4.69) is 4.98 Å². The van der Waals surface area contributed by atoms with Crippen molar-refractivity contribution in [3.63, 3.8) is 0 Å². The molecule has 3 aromatic rings. The molecule has 3 heteroatoms. The van der Waals surface area contributed by atoms with E-state index in [1.54, 1.807) is 36.5 Å². The number of carbonyl (C=O) groups is 1. The SMILES string of the molecule is O=C(c1ccccc1)c1ccc(O)c2ncccc12. The van der Waals surface area contributed by atoms with Crippen LogP contribution in [0.1, 0.15) is 15.9 Å². The quantitative estimate of drug-likeness (QED) is 0.710. The lowest BCUT2D eigenvalue weighted by Crippen LogP contribution is -2.02. The number of pyridine rings is 1. The topological polar surface area (TPSA) is 50.2 Å². The van der Waals surface area contributed by atoms with Crippen LogP contribution in [0.5, 0.6) is 5.75 Å². The fourth-order valence-corrected chi connectivity index (χ4v) is 2.10. The summed E-state index contributed by atoms with van der Waals surface area (Å²) in [5.74, 6) is 0.0128. The number of hydrogen-bond donors (Lipinski definition) is 1. The van der Waals surface area contributed by atoms with E-state index in [1.807, 2.05) is 18.2 Å². The maximum absolute atomic E-state index is 12.5. The summed E-state index contributed by atoms with van der Waals surface area (Å²) in [5.41, 5.74) is 1.62. The Bertz CT molecular complexity index is 751. The molecule has 0 bridgehead atoms. The van der Waals surface area contributed by atoms with E-state index in [0.29, 0.717) is 22.0 Å². The monoisotopic (exact) mass is 249 g/mol. The molecule has 1 N–H and O–H groups in total. The molecule has 0 radical (unpaired) electrons. The second-order valence-electron chi connectivity index (χ2n) is 4.23. The number of phenolic OH excluding ortho intramolecular Hbond substituents is 1. The van der Waals surface area contributed by atoms with Gasteiger partial charge in [-0.3, -0.25) is 9.78 Å². The minimum atomic E-state index is -0.0707. The summed E-state index contributed by atoms with van der Waals surface area (Å²) < 4.78 is 0. The maximum atomic E-state index is 12.5. The summed E-state index contributed by atoms with van der Waals surface area (Å²) >= 11 is 0. The molecule has 0 amide bonds. The van der Waals surface area contributed by atoms with Gasteiger partial charge >= 0.3 is 0 Å². The molecule has 0 unspecified atom stereocenters. The van der Waals surface area contributed by atoms with E-state index in [4.69, 9.17) is 0 Å². The molecule has 0 fully saturated rings. The van der Waals surface area contributed by atoms with Crippen molar-refractivity contribution < 1.29 is 9.90 Å². The molecule has 1 aromatic heterocycles. The number of aromatic hydroxyl groups is 1. The number of ketones is 1. The fourth-order valence-electron chi connectivity index (χ4n) is 2.10. The average Bonchev–Trinajstić information content (AvgIpc) is 2.48. The minimum Gasteiger partial charge on any atom is -0.506 e. The van der Waals surface area contributed by atoms with Gasteiger partial charge in [0.2, 0.25) is 0 Å². The van der Waals surface area contributed by atoms with Crippen LogP contribution in [-0.2, 0) is 0 Å². The highest BCUT2D eigenvalue weighted by molar-refractivity contribution is 6.16. The van der Waals surface area contributed by atoms with E-state index in [-0.39, 0.29) is 11.5 Å². The molecule has 0 aliphatic rings. The zero-order valence-corrected chi connectivity index (χ0v) is 10.1. The Morgan fingerprint density at radius 2 is 1.74 bits per heavy atom. The van der Waals surface area contributed by atoms with Gasteiger partial charge in [0.15, 0.2) is 5.78 Å². The third-order valence-electron chi connectivity index (χ3n) is 3.03. The number of nitrogens with zero attached hydrogens (tertiary/aromatic N) is 1. The van der Waals surface area contributed by atoms with E-state index < -0.39 is 0 Å². The molecule has 0 spiro atoms. The molecule has 0 aliphatic carbocycles. The van der Waals surface area contributed by atoms with Crippen LogP contribution in [-0.4, -0.2) is 15.9 Å². The van der Waals surface area contributed by atoms with Gasteiger partial charge in [-0.25, -0.2) is 0 Å². The van der Waals surface area contributed by atoms with Crippen LogP contribution in [0, 0.1) is 0 Å². The fraction of sp³-hybridized carbons (Fsp3) is 0. The number of benzene rings is 2. The number of fused-ring (bicyclic) bond motifs is 1. The summed E-state index contributed by atoms with van der Waals surface area (Å²) in [5, 5.41) is 10.4. The molecule has 0 atom stereocenters. The van der Waals surface area contributed by atoms with Crippen LogP contribution >= 0.6 is 0 Å². The Kier molecular flexibility index (Phi) is 2.72. The van der Waals surface area contributed by atoms with Crippen LogP contribution in [0.25, 0.3) is 10.9 Å². The van der Waals surface area contributed by atoms with E-state index in [1.165, 1.54) is 6.07 Å². The van der Waals surface area contributed by atoms with Crippen molar-refractivity contribution in [1.29, 1.82) is 0 Å². The van der Waals surface area contributed by atoms with E-state index in [0.717, 1.165) is 0 Å². The molecule has 1 heterocycles. The third-order valence-corrected chi connectivity index (χ3v) is 3.03. The smallest absolute Gasteiger partial charge is 0.193 e. The molecule has 3 rings (SSSR count). The van der Waals surface area contributed by atoms with Gasteiger partial charge < -0.3 is 5.11 Å². The molecule has 0 saturated carbocycles. The second kappa shape index (κ2) is 4.53. The number of aromatic nitrogens is 1. The number of phenols is 1. The first kappa shape index (κ1) is 11.4. The predicted octanol–water partition coefficient (Wildman–Crippen LogP) is 3.17. The standard InChI is InChI=1S/C16H11NO2/c18-14-9-8-13(12-7-4-10-17-15(12)14)16(19)11-5-2-1-3-6-11/h1-10,18H. The van der Waals surface area contributed by atoms with Gasteiger partial charge in [0, 0.05) is 22.7 Å². The summed E-state index contributed by atoms with van der Waals surface area (Å²) in [4.78, 5) is 16.6. The highest BCUT2D eigenvalue weighted by Gasteiger charge is 2.14. The number of carbonyl (C=O) groups excluding carboxylic acids is 1. The van der Waals surface area contributed by atoms with Crippen molar-refractivity contribution in [3.05, 3.63) is 71.9 Å². The molecule has 2 aromatic carbocycles. The second-order valence-corrected chi connectivity index (χ2v) is 4.23. The van der Waals surface area contributed by atoms with Crippen LogP contribution in [0.2, 0.25) is 0 Å². The molecule has 3 nitrogen and oxygen atoms in total. The first-order chi connectivity index (χ1) is 9.27. The van der Waals surface area contributed by atoms with Crippen LogP contribution in [0.3, 0.4) is 0 Å². The van der Waals surface area contributed by atoms with Gasteiger partial charge in [0.25, 0.3) is 0 Å². The van der Waals surface area contributed by atoms with Crippen LogP contribution < -0.4 is 0 Å². The summed E-state index contributed by atoms with van der Waals surface area (Å²) in [6.45, 7) is 0. The Morgan fingerprint density at radius 3 is 2.53 bits per heavy atom. The zero-order valence-electron chi connectivity index (χ0n) is 10.1. The Balaban J connectivity index is 2.22. The predicted molar refractivity (Wildman–Crippen MR) is 73.3 cm³/mol. The maximum Gasteiger partial charge on any atom is 0.193 e. The molecule has 0 saturated heterocycles. The van der Waals surface area contributed by atoms with Crippen molar-refractivity contribution in [2.75, 3.05) is 0 Å². The third kappa shape index (κ3) is 1.95. The van der Waals surface area contributed by atoms with Gasteiger partial charge in [0.1, 0.15) is 11.3 Å². The first-order valence-electron chi connectivity index (χ1n) is 5.94. The molecule has 0 aliphatic heterocycles. The van der Waals surface area contributed by atoms with Gasteiger partial charge in [-0.15, -0.1) is 0 Å². The van der Waals surface area contributed by atoms with Crippen molar-refractivity contribution in [2.24, 2.45) is 0 Å². The van der Waals surface area contributed by atoms with E-state index >= 15 is 0 Å². The van der Waals surface area contributed by atoms with Crippen molar-refractivity contribution >= 4 is 16.7 Å². The Hall–Kier alpha value is -2.68. The van der Waals surface area contributed by atoms with Crippen molar-refractivity contribution in [3.8, 4) is 5.75 Å². The van der Waals surface area contributed by atoms with Crippen LogP contribution in [0.4, 0.5) is 0 Å². The lowest BCUT2D eigenvalue weighted by atomic mass is 9.99. The van der Waals surface area contributed by atoms with Gasteiger partial charge in [-0.05, 0) is 18.2 Å². The minimum absolute atomic E-state index is 0.0707. The molecular formula is C16H11NO2. The van der Waals surface area contributed by atoms with Gasteiger partial charge in [-0.2, -0.15) is 0 Å². The number of hydrogen-bond acceptors (Lipinski definition) is 3. The van der Waals surface area contributed by atoms with Gasteiger partial charge in [-0.1, -0.05) is 36.4 Å². The largest absolute Gasteiger partial charge is 0.506 e.